The molecule has 1 amide bonds. The lowest BCUT2D eigenvalue weighted by Gasteiger charge is -2.08. The summed E-state index contributed by atoms with van der Waals surface area (Å²) in [6.07, 6.45) is 3.15. The third-order valence-corrected chi connectivity index (χ3v) is 3.82. The van der Waals surface area contributed by atoms with Crippen molar-refractivity contribution in [3.63, 3.8) is 0 Å². The number of anilines is 1. The average Bonchev–Trinajstić information content (AvgIpc) is 2.58. The zero-order valence-electron chi connectivity index (χ0n) is 12.6. The molecule has 0 bridgehead atoms. The Morgan fingerprint density at radius 1 is 1.25 bits per heavy atom. The highest BCUT2D eigenvalue weighted by molar-refractivity contribution is 6.30. The minimum absolute atomic E-state index is 0.0739. The van der Waals surface area contributed by atoms with E-state index in [0.717, 1.165) is 22.2 Å². The summed E-state index contributed by atoms with van der Waals surface area (Å²) in [5.74, 6) is -0.750. The van der Waals surface area contributed by atoms with Gasteiger partial charge >= 0.3 is 0 Å². The van der Waals surface area contributed by atoms with Gasteiger partial charge in [-0.05, 0) is 42.0 Å². The van der Waals surface area contributed by atoms with Gasteiger partial charge in [0.25, 0.3) is 0 Å². The molecular weight excluding hydrogens is 329 g/mol. The molecule has 1 N–H and O–H groups in total. The second-order valence-corrected chi connectivity index (χ2v) is 5.58. The van der Waals surface area contributed by atoms with Gasteiger partial charge in [-0.1, -0.05) is 24.2 Å². The molecule has 0 aliphatic rings. The van der Waals surface area contributed by atoms with Gasteiger partial charge in [0.15, 0.2) is 0 Å². The van der Waals surface area contributed by atoms with Crippen LogP contribution in [0.15, 0.2) is 55.4 Å². The van der Waals surface area contributed by atoms with Crippen molar-refractivity contribution in [3.05, 3.63) is 77.5 Å². The second kappa shape index (κ2) is 6.76. The van der Waals surface area contributed by atoms with Gasteiger partial charge < -0.3 is 5.32 Å². The Labute approximate surface area is 143 Å². The first kappa shape index (κ1) is 16.1. The summed E-state index contributed by atoms with van der Waals surface area (Å²) in [5, 5.41) is 3.59. The Kier molecular flexibility index (Phi) is 4.53. The van der Waals surface area contributed by atoms with E-state index in [9.17, 15) is 9.18 Å². The van der Waals surface area contributed by atoms with Crippen LogP contribution in [-0.4, -0.2) is 15.9 Å². The standard InChI is InChI=1S/C18H13ClFN3O/c1-2-18(24)23-12-4-6-16-13(9-12)17(22-10-21-16)8-11-3-5-15(20)14(19)7-11/h2-7,9-10H,1,8H2,(H,23,24). The van der Waals surface area contributed by atoms with Crippen LogP contribution >= 0.6 is 11.6 Å². The summed E-state index contributed by atoms with van der Waals surface area (Å²) < 4.78 is 13.3. The van der Waals surface area contributed by atoms with Crippen LogP contribution in [0.1, 0.15) is 11.3 Å². The molecule has 24 heavy (non-hydrogen) atoms. The van der Waals surface area contributed by atoms with Crippen LogP contribution in [-0.2, 0) is 11.2 Å². The smallest absolute Gasteiger partial charge is 0.247 e. The maximum atomic E-state index is 13.3. The van der Waals surface area contributed by atoms with Gasteiger partial charge in [0, 0.05) is 17.5 Å². The van der Waals surface area contributed by atoms with Crippen molar-refractivity contribution in [2.24, 2.45) is 0 Å². The van der Waals surface area contributed by atoms with Crippen molar-refractivity contribution in [1.29, 1.82) is 0 Å². The molecule has 1 heterocycles. The van der Waals surface area contributed by atoms with E-state index in [-0.39, 0.29) is 10.9 Å². The first-order chi connectivity index (χ1) is 11.6. The molecule has 0 radical (unpaired) electrons. The lowest BCUT2D eigenvalue weighted by atomic mass is 10.1. The fourth-order valence-corrected chi connectivity index (χ4v) is 2.57. The summed E-state index contributed by atoms with van der Waals surface area (Å²) in [5.41, 5.74) is 2.98. The van der Waals surface area contributed by atoms with Crippen LogP contribution < -0.4 is 5.32 Å². The Morgan fingerprint density at radius 3 is 2.83 bits per heavy atom. The number of fused-ring (bicyclic) bond motifs is 1. The van der Waals surface area contributed by atoms with Gasteiger partial charge in [-0.15, -0.1) is 0 Å². The molecule has 4 nitrogen and oxygen atoms in total. The van der Waals surface area contributed by atoms with Gasteiger partial charge in [-0.25, -0.2) is 14.4 Å². The Balaban J connectivity index is 1.99. The zero-order valence-corrected chi connectivity index (χ0v) is 13.3. The molecule has 120 valence electrons. The number of nitrogens with zero attached hydrogens (tertiary/aromatic N) is 2. The average molecular weight is 342 g/mol. The quantitative estimate of drug-likeness (QED) is 0.726. The topological polar surface area (TPSA) is 54.9 Å². The molecule has 1 aromatic heterocycles. The van der Waals surface area contributed by atoms with E-state index in [0.29, 0.717) is 12.1 Å². The molecule has 2 aromatic carbocycles. The molecule has 0 aliphatic carbocycles. The van der Waals surface area contributed by atoms with Gasteiger partial charge in [0.1, 0.15) is 12.1 Å². The maximum absolute atomic E-state index is 13.3. The van der Waals surface area contributed by atoms with E-state index in [4.69, 9.17) is 11.6 Å². The van der Waals surface area contributed by atoms with Crippen LogP contribution in [0, 0.1) is 5.82 Å². The molecule has 0 saturated carbocycles. The SMILES string of the molecule is C=CC(=O)Nc1ccc2ncnc(Cc3ccc(F)c(Cl)c3)c2c1. The van der Waals surface area contributed by atoms with Crippen LogP contribution in [0.25, 0.3) is 10.9 Å². The normalized spacial score (nSPS) is 10.6. The molecule has 3 rings (SSSR count). The first-order valence-electron chi connectivity index (χ1n) is 7.18. The Morgan fingerprint density at radius 2 is 2.08 bits per heavy atom. The van der Waals surface area contributed by atoms with E-state index in [1.807, 2.05) is 0 Å². The molecule has 0 spiro atoms. The van der Waals surface area contributed by atoms with Crippen LogP contribution in [0.4, 0.5) is 10.1 Å². The zero-order chi connectivity index (χ0) is 17.1. The number of halogens is 2. The van der Waals surface area contributed by atoms with E-state index >= 15 is 0 Å². The monoisotopic (exact) mass is 341 g/mol. The van der Waals surface area contributed by atoms with Crippen molar-refractivity contribution >= 4 is 34.1 Å². The summed E-state index contributed by atoms with van der Waals surface area (Å²) in [4.78, 5) is 20.0. The molecular formula is C18H13ClFN3O. The van der Waals surface area contributed by atoms with Crippen LogP contribution in [0.3, 0.4) is 0 Å². The van der Waals surface area contributed by atoms with Crippen molar-refractivity contribution in [2.45, 2.75) is 6.42 Å². The maximum Gasteiger partial charge on any atom is 0.247 e. The van der Waals surface area contributed by atoms with Crippen molar-refractivity contribution in [2.75, 3.05) is 5.32 Å². The number of hydrogen-bond donors (Lipinski definition) is 1. The van der Waals surface area contributed by atoms with E-state index in [1.165, 1.54) is 18.5 Å². The molecule has 0 fully saturated rings. The number of amides is 1. The first-order valence-corrected chi connectivity index (χ1v) is 7.55. The molecule has 0 atom stereocenters. The van der Waals surface area contributed by atoms with Crippen molar-refractivity contribution in [1.82, 2.24) is 9.97 Å². The Hall–Kier alpha value is -2.79. The highest BCUT2D eigenvalue weighted by atomic mass is 35.5. The van der Waals surface area contributed by atoms with Gasteiger partial charge in [-0.2, -0.15) is 0 Å². The van der Waals surface area contributed by atoms with Crippen LogP contribution in [0.2, 0.25) is 5.02 Å². The van der Waals surface area contributed by atoms with Gasteiger partial charge in [0.2, 0.25) is 5.91 Å². The molecule has 0 saturated heterocycles. The van der Waals surface area contributed by atoms with Gasteiger partial charge in [-0.3, -0.25) is 4.79 Å². The van der Waals surface area contributed by atoms with E-state index < -0.39 is 5.82 Å². The van der Waals surface area contributed by atoms with Crippen molar-refractivity contribution < 1.29 is 9.18 Å². The summed E-state index contributed by atoms with van der Waals surface area (Å²) in [7, 11) is 0. The third kappa shape index (κ3) is 3.41. The molecule has 3 aromatic rings. The fraction of sp³-hybridized carbons (Fsp3) is 0.0556. The number of aromatic nitrogens is 2. The largest absolute Gasteiger partial charge is 0.323 e. The number of carbonyl (C=O) groups excluding carboxylic acids is 1. The molecule has 6 heteroatoms. The summed E-state index contributed by atoms with van der Waals surface area (Å²) >= 11 is 5.83. The fourth-order valence-electron chi connectivity index (χ4n) is 2.36. The van der Waals surface area contributed by atoms with E-state index in [2.05, 4.69) is 21.9 Å². The predicted molar refractivity (Wildman–Crippen MR) is 92.6 cm³/mol. The second-order valence-electron chi connectivity index (χ2n) is 5.17. The van der Waals surface area contributed by atoms with E-state index in [1.54, 1.807) is 30.3 Å². The highest BCUT2D eigenvalue weighted by Gasteiger charge is 2.08. The number of carbonyl (C=O) groups is 1. The Bertz CT molecular complexity index is 943. The number of rotatable bonds is 4. The predicted octanol–water partition coefficient (Wildman–Crippen LogP) is 4.14. The third-order valence-electron chi connectivity index (χ3n) is 3.53. The van der Waals surface area contributed by atoms with Gasteiger partial charge in [0.05, 0.1) is 16.2 Å². The molecule has 0 unspecified atom stereocenters. The summed E-state index contributed by atoms with van der Waals surface area (Å²) in [6.45, 7) is 3.43. The van der Waals surface area contributed by atoms with Crippen LogP contribution in [0.5, 0.6) is 0 Å². The lowest BCUT2D eigenvalue weighted by molar-refractivity contribution is -0.111. The minimum Gasteiger partial charge on any atom is -0.323 e. The number of nitrogens with one attached hydrogen (secondary N) is 1. The lowest BCUT2D eigenvalue weighted by Crippen LogP contribution is -2.07. The van der Waals surface area contributed by atoms with Crippen molar-refractivity contribution in [3.8, 4) is 0 Å². The summed E-state index contributed by atoms with van der Waals surface area (Å²) in [6, 6.07) is 9.94. The number of hydrogen-bond acceptors (Lipinski definition) is 3. The highest BCUT2D eigenvalue weighted by Crippen LogP contribution is 2.23. The minimum atomic E-state index is -0.456. The number of benzene rings is 2. The molecule has 0 aliphatic heterocycles.